The maximum atomic E-state index is 12.1. The van der Waals surface area contributed by atoms with Gasteiger partial charge in [0.15, 0.2) is 0 Å². The smallest absolute Gasteiger partial charge is 0.318 e. The first-order valence-electron chi connectivity index (χ1n) is 6.55. The van der Waals surface area contributed by atoms with Gasteiger partial charge in [-0.25, -0.2) is 4.79 Å². The lowest BCUT2D eigenvalue weighted by molar-refractivity contribution is 0.204. The number of pyridine rings is 1. The van der Waals surface area contributed by atoms with E-state index in [9.17, 15) is 13.2 Å². The van der Waals surface area contributed by atoms with E-state index in [-0.39, 0.29) is 22.8 Å². The van der Waals surface area contributed by atoms with Gasteiger partial charge in [-0.1, -0.05) is 0 Å². The molecule has 1 aromatic rings. The third-order valence-corrected chi connectivity index (χ3v) is 4.96. The van der Waals surface area contributed by atoms with Gasteiger partial charge in [0.25, 0.3) is 10.0 Å². The third kappa shape index (κ3) is 2.56. The summed E-state index contributed by atoms with van der Waals surface area (Å²) >= 11 is 0. The SMILES string of the molecule is NC(=NS(=O)(=O)c1cccnc1)[C@@H]1CC[C@@H]2CN1C(=O)N2. The number of nitrogens with two attached hydrogens (primary N) is 1. The highest BCUT2D eigenvalue weighted by Crippen LogP contribution is 2.23. The fourth-order valence-corrected chi connectivity index (χ4v) is 3.58. The largest absolute Gasteiger partial charge is 0.385 e. The van der Waals surface area contributed by atoms with Crippen LogP contribution in [0.2, 0.25) is 0 Å². The van der Waals surface area contributed by atoms with Crippen LogP contribution < -0.4 is 11.1 Å². The van der Waals surface area contributed by atoms with Gasteiger partial charge < -0.3 is 16.0 Å². The van der Waals surface area contributed by atoms with Crippen molar-refractivity contribution in [2.24, 2.45) is 10.1 Å². The molecule has 0 radical (unpaired) electrons. The van der Waals surface area contributed by atoms with Crippen molar-refractivity contribution in [1.82, 2.24) is 15.2 Å². The number of amides is 2. The van der Waals surface area contributed by atoms with Gasteiger partial charge in [0, 0.05) is 25.0 Å². The summed E-state index contributed by atoms with van der Waals surface area (Å²) in [6.45, 7) is 0.534. The van der Waals surface area contributed by atoms with E-state index in [1.807, 2.05) is 0 Å². The number of aromatic nitrogens is 1. The number of nitrogens with one attached hydrogen (secondary N) is 1. The van der Waals surface area contributed by atoms with Crippen LogP contribution in [-0.4, -0.2) is 48.8 Å². The zero-order chi connectivity index (χ0) is 15.0. The van der Waals surface area contributed by atoms with Crippen molar-refractivity contribution in [2.45, 2.75) is 29.8 Å². The van der Waals surface area contributed by atoms with Crippen LogP contribution in [0.4, 0.5) is 4.79 Å². The van der Waals surface area contributed by atoms with Crippen LogP contribution in [0, 0.1) is 0 Å². The van der Waals surface area contributed by atoms with E-state index < -0.39 is 16.1 Å². The average Bonchev–Trinajstić information content (AvgIpc) is 2.74. The lowest BCUT2D eigenvalue weighted by atomic mass is 10.0. The van der Waals surface area contributed by atoms with Crippen LogP contribution in [0.15, 0.2) is 33.8 Å². The number of fused-ring (bicyclic) bond motifs is 2. The lowest BCUT2D eigenvalue weighted by Gasteiger charge is -2.29. The zero-order valence-corrected chi connectivity index (χ0v) is 12.0. The topological polar surface area (TPSA) is 118 Å². The van der Waals surface area contributed by atoms with Gasteiger partial charge in [0.05, 0.1) is 6.04 Å². The summed E-state index contributed by atoms with van der Waals surface area (Å²) in [4.78, 5) is 17.0. The summed E-state index contributed by atoms with van der Waals surface area (Å²) in [5, 5.41) is 2.81. The predicted molar refractivity (Wildman–Crippen MR) is 75.1 cm³/mol. The maximum absolute atomic E-state index is 12.1. The number of urea groups is 1. The number of nitrogens with zero attached hydrogens (tertiary/aromatic N) is 3. The van der Waals surface area contributed by atoms with E-state index in [4.69, 9.17) is 5.73 Å². The molecule has 2 atom stereocenters. The molecule has 3 heterocycles. The molecule has 1 aromatic heterocycles. The second-order valence-electron chi connectivity index (χ2n) is 5.07. The molecule has 2 fully saturated rings. The number of piperidine rings is 1. The van der Waals surface area contributed by atoms with Crippen LogP contribution in [0.3, 0.4) is 0 Å². The number of hydrogen-bond acceptors (Lipinski definition) is 4. The summed E-state index contributed by atoms with van der Waals surface area (Å²) in [6, 6.07) is 2.34. The Hall–Kier alpha value is -2.16. The molecule has 112 valence electrons. The summed E-state index contributed by atoms with van der Waals surface area (Å²) in [5.41, 5.74) is 5.85. The molecule has 9 heteroatoms. The van der Waals surface area contributed by atoms with Crippen LogP contribution in [-0.2, 0) is 10.0 Å². The normalized spacial score (nSPS) is 25.8. The van der Waals surface area contributed by atoms with Gasteiger partial charge in [-0.15, -0.1) is 4.40 Å². The van der Waals surface area contributed by atoms with E-state index in [0.717, 1.165) is 6.42 Å². The van der Waals surface area contributed by atoms with Gasteiger partial charge >= 0.3 is 6.03 Å². The summed E-state index contributed by atoms with van der Waals surface area (Å²) in [6.07, 6.45) is 4.05. The van der Waals surface area contributed by atoms with Gasteiger partial charge in [-0.3, -0.25) is 4.98 Å². The van der Waals surface area contributed by atoms with Crippen LogP contribution in [0.25, 0.3) is 0 Å². The standard InChI is InChI=1S/C12H15N5O3S/c13-11(10-4-3-8-7-17(10)12(18)15-8)16-21(19,20)9-2-1-5-14-6-9/h1-2,5-6,8,10H,3-4,7H2,(H2,13,16)(H,15,18)/t8-,10+/m1/s1. The molecule has 2 saturated heterocycles. The molecule has 3 rings (SSSR count). The molecular formula is C12H15N5O3S. The van der Waals surface area contributed by atoms with Crippen molar-refractivity contribution in [2.75, 3.05) is 6.54 Å². The zero-order valence-electron chi connectivity index (χ0n) is 11.1. The Kier molecular flexibility index (Phi) is 3.28. The first kappa shape index (κ1) is 13.8. The number of carbonyl (C=O) groups excluding carboxylic acids is 1. The van der Waals surface area contributed by atoms with Crippen LogP contribution in [0.1, 0.15) is 12.8 Å². The highest BCUT2D eigenvalue weighted by atomic mass is 32.2. The Balaban J connectivity index is 1.88. The molecule has 2 aliphatic rings. The minimum atomic E-state index is -3.90. The van der Waals surface area contributed by atoms with E-state index in [2.05, 4.69) is 14.7 Å². The fourth-order valence-electron chi connectivity index (χ4n) is 2.63. The Labute approximate surface area is 122 Å². The van der Waals surface area contributed by atoms with E-state index in [1.165, 1.54) is 29.4 Å². The Morgan fingerprint density at radius 1 is 1.48 bits per heavy atom. The summed E-state index contributed by atoms with van der Waals surface area (Å²) in [5.74, 6) is -0.0608. The molecule has 2 amide bonds. The number of hydrogen-bond donors (Lipinski definition) is 2. The molecule has 0 aliphatic carbocycles. The molecule has 2 bridgehead atoms. The van der Waals surface area contributed by atoms with Crippen molar-refractivity contribution >= 4 is 21.9 Å². The third-order valence-electron chi connectivity index (χ3n) is 3.67. The first-order chi connectivity index (χ1) is 9.97. The van der Waals surface area contributed by atoms with Crippen molar-refractivity contribution in [3.8, 4) is 0 Å². The average molecular weight is 309 g/mol. The van der Waals surface area contributed by atoms with Crippen molar-refractivity contribution in [1.29, 1.82) is 0 Å². The number of sulfonamides is 1. The molecule has 0 aromatic carbocycles. The Morgan fingerprint density at radius 3 is 3.00 bits per heavy atom. The van der Waals surface area contributed by atoms with Crippen LogP contribution >= 0.6 is 0 Å². The molecule has 21 heavy (non-hydrogen) atoms. The van der Waals surface area contributed by atoms with E-state index in [1.54, 1.807) is 0 Å². The molecular weight excluding hydrogens is 294 g/mol. The number of carbonyl (C=O) groups is 1. The van der Waals surface area contributed by atoms with Crippen LogP contribution in [0.5, 0.6) is 0 Å². The van der Waals surface area contributed by atoms with Gasteiger partial charge in [0.1, 0.15) is 10.7 Å². The number of rotatable bonds is 3. The first-order valence-corrected chi connectivity index (χ1v) is 7.99. The molecule has 0 saturated carbocycles. The van der Waals surface area contributed by atoms with Crippen molar-refractivity contribution in [3.05, 3.63) is 24.5 Å². The van der Waals surface area contributed by atoms with Crippen molar-refractivity contribution in [3.63, 3.8) is 0 Å². The predicted octanol–water partition coefficient (Wildman–Crippen LogP) is -0.316. The Morgan fingerprint density at radius 2 is 2.29 bits per heavy atom. The number of amidine groups is 1. The monoisotopic (exact) mass is 309 g/mol. The minimum Gasteiger partial charge on any atom is -0.385 e. The molecule has 3 N–H and O–H groups in total. The summed E-state index contributed by atoms with van der Waals surface area (Å²) in [7, 11) is -3.90. The second-order valence-corrected chi connectivity index (χ2v) is 6.68. The highest BCUT2D eigenvalue weighted by Gasteiger charge is 2.40. The quantitative estimate of drug-likeness (QED) is 0.586. The van der Waals surface area contributed by atoms with Gasteiger partial charge in [0.2, 0.25) is 0 Å². The molecule has 0 spiro atoms. The highest BCUT2D eigenvalue weighted by molar-refractivity contribution is 7.90. The van der Waals surface area contributed by atoms with Gasteiger partial charge in [-0.05, 0) is 25.0 Å². The second kappa shape index (κ2) is 4.99. The van der Waals surface area contributed by atoms with E-state index in [0.29, 0.717) is 13.0 Å². The molecule has 2 aliphatic heterocycles. The lowest BCUT2D eigenvalue weighted by Crippen LogP contribution is -2.48. The fraction of sp³-hybridized carbons (Fsp3) is 0.417. The summed E-state index contributed by atoms with van der Waals surface area (Å²) < 4.78 is 28.0. The maximum Gasteiger partial charge on any atom is 0.318 e. The Bertz CT molecular complexity index is 688. The van der Waals surface area contributed by atoms with E-state index >= 15 is 0 Å². The van der Waals surface area contributed by atoms with Crippen molar-refractivity contribution < 1.29 is 13.2 Å². The van der Waals surface area contributed by atoms with Gasteiger partial charge in [-0.2, -0.15) is 8.42 Å². The molecule has 8 nitrogen and oxygen atoms in total. The minimum absolute atomic E-state index is 0.0208. The molecule has 0 unspecified atom stereocenters.